The van der Waals surface area contributed by atoms with Gasteiger partial charge < -0.3 is 4.90 Å². The predicted octanol–water partition coefficient (Wildman–Crippen LogP) is 3.44. The van der Waals surface area contributed by atoms with Crippen LogP contribution in [-0.4, -0.2) is 33.3 Å². The number of rotatable bonds is 4. The van der Waals surface area contributed by atoms with Crippen molar-refractivity contribution in [1.82, 2.24) is 9.88 Å². The molecule has 1 fully saturated rings. The van der Waals surface area contributed by atoms with Crippen LogP contribution in [0.4, 0.5) is 5.69 Å². The second kappa shape index (κ2) is 6.85. The van der Waals surface area contributed by atoms with Gasteiger partial charge in [-0.05, 0) is 31.7 Å². The van der Waals surface area contributed by atoms with Crippen LogP contribution in [0, 0.1) is 10.1 Å². The minimum absolute atomic E-state index is 0.0306. The van der Waals surface area contributed by atoms with Crippen LogP contribution in [-0.2, 0) is 0 Å². The van der Waals surface area contributed by atoms with E-state index in [1.54, 1.807) is 4.90 Å². The quantitative estimate of drug-likeness (QED) is 0.485. The first kappa shape index (κ1) is 15.7. The first-order chi connectivity index (χ1) is 10.0. The molecule has 1 atom stereocenters. The fourth-order valence-corrected chi connectivity index (χ4v) is 2.95. The third-order valence-corrected chi connectivity index (χ3v) is 3.99. The van der Waals surface area contributed by atoms with Crippen molar-refractivity contribution in [2.45, 2.75) is 45.1 Å². The summed E-state index contributed by atoms with van der Waals surface area (Å²) in [5.41, 5.74) is -0.256. The van der Waals surface area contributed by atoms with Crippen LogP contribution in [0.2, 0.25) is 5.15 Å². The van der Waals surface area contributed by atoms with Gasteiger partial charge in [-0.2, -0.15) is 0 Å². The van der Waals surface area contributed by atoms with E-state index in [2.05, 4.69) is 11.9 Å². The van der Waals surface area contributed by atoms with Gasteiger partial charge in [0.05, 0.1) is 4.92 Å². The number of likely N-dealkylation sites (tertiary alicyclic amines) is 1. The van der Waals surface area contributed by atoms with Crippen LogP contribution in [0.1, 0.15) is 49.4 Å². The molecule has 0 aliphatic carbocycles. The summed E-state index contributed by atoms with van der Waals surface area (Å²) in [5, 5.41) is 11.2. The molecule has 1 amide bonds. The molecule has 1 unspecified atom stereocenters. The Morgan fingerprint density at radius 3 is 3.00 bits per heavy atom. The molecule has 7 heteroatoms. The number of amides is 1. The maximum absolute atomic E-state index is 12.7. The van der Waals surface area contributed by atoms with Gasteiger partial charge in [0.15, 0.2) is 0 Å². The monoisotopic (exact) mass is 311 g/mol. The lowest BCUT2D eigenvalue weighted by molar-refractivity contribution is -0.385. The van der Waals surface area contributed by atoms with E-state index in [0.717, 1.165) is 38.3 Å². The third-order valence-electron chi connectivity index (χ3n) is 3.79. The molecule has 1 saturated heterocycles. The summed E-state index contributed by atoms with van der Waals surface area (Å²) in [6, 6.07) is 1.45. The molecule has 6 nitrogen and oxygen atoms in total. The van der Waals surface area contributed by atoms with Crippen molar-refractivity contribution in [2.24, 2.45) is 0 Å². The van der Waals surface area contributed by atoms with Crippen molar-refractivity contribution in [3.8, 4) is 0 Å². The lowest BCUT2D eigenvalue weighted by atomic mass is 9.97. The van der Waals surface area contributed by atoms with Crippen molar-refractivity contribution in [2.75, 3.05) is 6.54 Å². The lowest BCUT2D eigenvalue weighted by Crippen LogP contribution is -2.43. The standard InChI is InChI=1S/C14H18ClN3O3/c1-2-5-10-6-3-4-7-17(10)14(19)11-8-13(15)16-9-12(11)18(20)21/h8-10H,2-7H2,1H3. The van der Waals surface area contributed by atoms with Gasteiger partial charge >= 0.3 is 0 Å². The van der Waals surface area contributed by atoms with Crippen molar-refractivity contribution in [3.63, 3.8) is 0 Å². The molecular weight excluding hydrogens is 294 g/mol. The summed E-state index contributed by atoms with van der Waals surface area (Å²) >= 11 is 5.80. The molecular formula is C14H18ClN3O3. The number of piperidine rings is 1. The van der Waals surface area contributed by atoms with Crippen LogP contribution in [0.15, 0.2) is 12.3 Å². The minimum Gasteiger partial charge on any atom is -0.335 e. The van der Waals surface area contributed by atoms with Crippen molar-refractivity contribution >= 4 is 23.2 Å². The number of hydrogen-bond donors (Lipinski definition) is 0. The Morgan fingerprint density at radius 2 is 2.33 bits per heavy atom. The fourth-order valence-electron chi connectivity index (χ4n) is 2.80. The van der Waals surface area contributed by atoms with Gasteiger partial charge in [-0.25, -0.2) is 4.98 Å². The summed E-state index contributed by atoms with van der Waals surface area (Å²) in [6.45, 7) is 2.71. The normalized spacial score (nSPS) is 18.6. The summed E-state index contributed by atoms with van der Waals surface area (Å²) in [4.78, 5) is 28.6. The molecule has 21 heavy (non-hydrogen) atoms. The summed E-state index contributed by atoms with van der Waals surface area (Å²) < 4.78 is 0. The highest BCUT2D eigenvalue weighted by molar-refractivity contribution is 6.29. The summed E-state index contributed by atoms with van der Waals surface area (Å²) in [6.07, 6.45) is 5.92. The topological polar surface area (TPSA) is 76.3 Å². The number of carbonyl (C=O) groups is 1. The van der Waals surface area contributed by atoms with E-state index in [1.807, 2.05) is 0 Å². The van der Waals surface area contributed by atoms with Crippen molar-refractivity contribution in [3.05, 3.63) is 33.1 Å². The minimum atomic E-state index is -0.588. The number of hydrogen-bond acceptors (Lipinski definition) is 4. The zero-order valence-electron chi connectivity index (χ0n) is 11.9. The Kier molecular flexibility index (Phi) is 5.12. The zero-order valence-corrected chi connectivity index (χ0v) is 12.7. The highest BCUT2D eigenvalue weighted by atomic mass is 35.5. The first-order valence-electron chi connectivity index (χ1n) is 7.15. The fraction of sp³-hybridized carbons (Fsp3) is 0.571. The average molecular weight is 312 g/mol. The number of nitro groups is 1. The van der Waals surface area contributed by atoms with E-state index in [0.29, 0.717) is 6.54 Å². The Balaban J connectivity index is 2.33. The van der Waals surface area contributed by atoms with E-state index >= 15 is 0 Å². The van der Waals surface area contributed by atoms with E-state index in [-0.39, 0.29) is 28.4 Å². The molecule has 1 aromatic heterocycles. The number of aromatic nitrogens is 1. The van der Waals surface area contributed by atoms with Crippen LogP contribution < -0.4 is 0 Å². The van der Waals surface area contributed by atoms with Crippen LogP contribution in [0.3, 0.4) is 0 Å². The SMILES string of the molecule is CCCC1CCCCN1C(=O)c1cc(Cl)ncc1[N+](=O)[O-]. The van der Waals surface area contributed by atoms with Gasteiger partial charge in [0.25, 0.3) is 11.6 Å². The average Bonchev–Trinajstić information content (AvgIpc) is 2.47. The maximum atomic E-state index is 12.7. The maximum Gasteiger partial charge on any atom is 0.300 e. The van der Waals surface area contributed by atoms with Crippen LogP contribution in [0.25, 0.3) is 0 Å². The van der Waals surface area contributed by atoms with Crippen molar-refractivity contribution < 1.29 is 9.72 Å². The number of nitrogens with zero attached hydrogens (tertiary/aromatic N) is 3. The smallest absolute Gasteiger partial charge is 0.300 e. The molecule has 0 aromatic carbocycles. The first-order valence-corrected chi connectivity index (χ1v) is 7.53. The van der Waals surface area contributed by atoms with E-state index < -0.39 is 4.92 Å². The van der Waals surface area contributed by atoms with Gasteiger partial charge in [0.2, 0.25) is 0 Å². The molecule has 0 bridgehead atoms. The summed E-state index contributed by atoms with van der Waals surface area (Å²) in [7, 11) is 0. The van der Waals surface area contributed by atoms with Gasteiger partial charge in [-0.3, -0.25) is 14.9 Å². The second-order valence-electron chi connectivity index (χ2n) is 5.22. The second-order valence-corrected chi connectivity index (χ2v) is 5.61. The highest BCUT2D eigenvalue weighted by Gasteiger charge is 2.31. The third kappa shape index (κ3) is 3.50. The van der Waals surface area contributed by atoms with E-state index in [1.165, 1.54) is 6.07 Å². The zero-order chi connectivity index (χ0) is 15.4. The molecule has 0 N–H and O–H groups in total. The van der Waals surface area contributed by atoms with Crippen molar-refractivity contribution in [1.29, 1.82) is 0 Å². The number of halogens is 1. The Hall–Kier alpha value is -1.69. The number of carbonyl (C=O) groups excluding carboxylic acids is 1. The van der Waals surface area contributed by atoms with Gasteiger partial charge in [-0.15, -0.1) is 0 Å². The molecule has 1 aliphatic heterocycles. The Bertz CT molecular complexity index is 548. The Labute approximate surface area is 128 Å². The predicted molar refractivity (Wildman–Crippen MR) is 79.5 cm³/mol. The molecule has 0 saturated carbocycles. The molecule has 0 radical (unpaired) electrons. The lowest BCUT2D eigenvalue weighted by Gasteiger charge is -2.35. The molecule has 2 rings (SSSR count). The molecule has 1 aromatic rings. The van der Waals surface area contributed by atoms with Gasteiger partial charge in [-0.1, -0.05) is 24.9 Å². The number of pyridine rings is 1. The van der Waals surface area contributed by atoms with Crippen LogP contribution >= 0.6 is 11.6 Å². The van der Waals surface area contributed by atoms with Gasteiger partial charge in [0, 0.05) is 12.6 Å². The van der Waals surface area contributed by atoms with E-state index in [4.69, 9.17) is 11.6 Å². The van der Waals surface area contributed by atoms with E-state index in [9.17, 15) is 14.9 Å². The molecule has 1 aliphatic rings. The van der Waals surface area contributed by atoms with Crippen LogP contribution in [0.5, 0.6) is 0 Å². The molecule has 2 heterocycles. The summed E-state index contributed by atoms with van der Waals surface area (Å²) in [5.74, 6) is -0.316. The van der Waals surface area contributed by atoms with Gasteiger partial charge in [0.1, 0.15) is 16.9 Å². The molecule has 0 spiro atoms. The Morgan fingerprint density at radius 1 is 1.57 bits per heavy atom. The highest BCUT2D eigenvalue weighted by Crippen LogP contribution is 2.27. The molecule has 114 valence electrons. The largest absolute Gasteiger partial charge is 0.335 e.